The zero-order chi connectivity index (χ0) is 12.1. The maximum Gasteiger partial charge on any atom is 0.432 e. The van der Waals surface area contributed by atoms with E-state index in [2.05, 4.69) is 15.0 Å². The molecule has 0 spiro atoms. The van der Waals surface area contributed by atoms with E-state index in [0.29, 0.717) is 0 Å². The quantitative estimate of drug-likeness (QED) is 0.737. The second-order valence-corrected chi connectivity index (χ2v) is 3.98. The number of carboxylic acid groups (broad SMARTS) is 1. The summed E-state index contributed by atoms with van der Waals surface area (Å²) in [5.41, 5.74) is 0. The highest BCUT2D eigenvalue weighted by atomic mass is 16.4. The predicted molar refractivity (Wildman–Crippen MR) is 63.4 cm³/mol. The van der Waals surface area contributed by atoms with Gasteiger partial charge >= 0.3 is 6.09 Å². The summed E-state index contributed by atoms with van der Waals surface area (Å²) in [6.07, 6.45) is 5.55. The molecule has 1 aromatic heterocycles. The molecule has 1 fully saturated rings. The molecule has 0 atom stereocenters. The average molecular weight is 236 g/mol. The monoisotopic (exact) mass is 236 g/mol. The van der Waals surface area contributed by atoms with E-state index >= 15 is 0 Å². The van der Waals surface area contributed by atoms with E-state index in [1.165, 1.54) is 50.6 Å². The fraction of sp³-hybridized carbons (Fsp3) is 0.545. The average Bonchev–Trinajstić information content (AvgIpc) is 3.01. The third-order valence-corrected chi connectivity index (χ3v) is 2.77. The van der Waals surface area contributed by atoms with E-state index in [9.17, 15) is 4.79 Å². The SMILES string of the molecule is C1CN=C2CCCN2C1.O=C(O)n1cccn1. The van der Waals surface area contributed by atoms with E-state index < -0.39 is 6.09 Å². The van der Waals surface area contributed by atoms with Crippen LogP contribution in [0.5, 0.6) is 0 Å². The summed E-state index contributed by atoms with van der Waals surface area (Å²) in [7, 11) is 0. The van der Waals surface area contributed by atoms with Crippen molar-refractivity contribution in [2.45, 2.75) is 19.3 Å². The first kappa shape index (κ1) is 11.6. The zero-order valence-corrected chi connectivity index (χ0v) is 9.62. The Morgan fingerprint density at radius 3 is 2.76 bits per heavy atom. The molecule has 0 aromatic carbocycles. The van der Waals surface area contributed by atoms with Crippen molar-refractivity contribution in [3.8, 4) is 0 Å². The van der Waals surface area contributed by atoms with E-state index in [4.69, 9.17) is 5.11 Å². The van der Waals surface area contributed by atoms with Crippen molar-refractivity contribution in [1.82, 2.24) is 14.7 Å². The molecule has 6 heteroatoms. The van der Waals surface area contributed by atoms with Crippen LogP contribution in [-0.2, 0) is 0 Å². The molecule has 0 bridgehead atoms. The van der Waals surface area contributed by atoms with Crippen molar-refractivity contribution in [3.05, 3.63) is 18.5 Å². The van der Waals surface area contributed by atoms with Gasteiger partial charge in [0.25, 0.3) is 0 Å². The van der Waals surface area contributed by atoms with Crippen molar-refractivity contribution in [3.63, 3.8) is 0 Å². The zero-order valence-electron chi connectivity index (χ0n) is 9.62. The Labute approximate surface area is 99.6 Å². The van der Waals surface area contributed by atoms with Crippen LogP contribution < -0.4 is 0 Å². The minimum absolute atomic E-state index is 0.833. The highest BCUT2D eigenvalue weighted by Gasteiger charge is 2.19. The topological polar surface area (TPSA) is 70.7 Å². The van der Waals surface area contributed by atoms with Crippen molar-refractivity contribution < 1.29 is 9.90 Å². The van der Waals surface area contributed by atoms with Crippen molar-refractivity contribution in [1.29, 1.82) is 0 Å². The Morgan fingerprint density at radius 1 is 1.35 bits per heavy atom. The molecule has 1 aromatic rings. The van der Waals surface area contributed by atoms with E-state index in [-0.39, 0.29) is 0 Å². The number of hydrogen-bond donors (Lipinski definition) is 1. The Bertz CT molecular complexity index is 400. The molecule has 92 valence electrons. The summed E-state index contributed by atoms with van der Waals surface area (Å²) in [5.74, 6) is 1.38. The van der Waals surface area contributed by atoms with Gasteiger partial charge in [0.1, 0.15) is 0 Å². The minimum atomic E-state index is -1.06. The lowest BCUT2D eigenvalue weighted by Crippen LogP contribution is -2.29. The molecule has 0 aliphatic carbocycles. The smallest absolute Gasteiger partial charge is 0.432 e. The molecule has 0 saturated carbocycles. The summed E-state index contributed by atoms with van der Waals surface area (Å²) in [6.45, 7) is 3.60. The Morgan fingerprint density at radius 2 is 2.18 bits per heavy atom. The molecular formula is C11H16N4O2. The first-order valence-electron chi connectivity index (χ1n) is 5.78. The second kappa shape index (κ2) is 5.47. The number of aliphatic imine (C=N–C) groups is 1. The fourth-order valence-corrected chi connectivity index (χ4v) is 1.99. The molecule has 0 amide bonds. The highest BCUT2D eigenvalue weighted by molar-refractivity contribution is 5.84. The summed E-state index contributed by atoms with van der Waals surface area (Å²) >= 11 is 0. The molecular weight excluding hydrogens is 220 g/mol. The fourth-order valence-electron chi connectivity index (χ4n) is 1.99. The molecule has 3 rings (SSSR count). The number of carbonyl (C=O) groups is 1. The van der Waals surface area contributed by atoms with E-state index in [0.717, 1.165) is 11.2 Å². The molecule has 1 N–H and O–H groups in total. The lowest BCUT2D eigenvalue weighted by molar-refractivity contribution is 0.192. The van der Waals surface area contributed by atoms with Gasteiger partial charge in [-0.15, -0.1) is 0 Å². The van der Waals surface area contributed by atoms with Crippen LogP contribution in [-0.4, -0.2) is 51.4 Å². The first-order chi connectivity index (χ1) is 8.27. The van der Waals surface area contributed by atoms with Gasteiger partial charge in [-0.05, 0) is 18.9 Å². The van der Waals surface area contributed by atoms with Crippen molar-refractivity contribution >= 4 is 11.9 Å². The molecule has 17 heavy (non-hydrogen) atoms. The van der Waals surface area contributed by atoms with Gasteiger partial charge in [-0.2, -0.15) is 9.78 Å². The number of fused-ring (bicyclic) bond motifs is 1. The van der Waals surface area contributed by atoms with E-state index in [1.54, 1.807) is 6.07 Å². The van der Waals surface area contributed by atoms with Crippen LogP contribution in [0.25, 0.3) is 0 Å². The van der Waals surface area contributed by atoms with Crippen molar-refractivity contribution in [2.24, 2.45) is 4.99 Å². The van der Waals surface area contributed by atoms with Crippen LogP contribution >= 0.6 is 0 Å². The molecule has 2 aliphatic heterocycles. The number of nitrogens with zero attached hydrogens (tertiary/aromatic N) is 4. The summed E-state index contributed by atoms with van der Waals surface area (Å²) in [6, 6.07) is 1.55. The summed E-state index contributed by atoms with van der Waals surface area (Å²) < 4.78 is 0.833. The third-order valence-electron chi connectivity index (χ3n) is 2.77. The molecule has 3 heterocycles. The normalized spacial score (nSPS) is 17.9. The molecule has 2 aliphatic rings. The van der Waals surface area contributed by atoms with Gasteiger partial charge in [-0.25, -0.2) is 4.79 Å². The first-order valence-corrected chi connectivity index (χ1v) is 5.78. The molecule has 0 radical (unpaired) electrons. The lowest BCUT2D eigenvalue weighted by atomic mass is 10.3. The third kappa shape index (κ3) is 3.05. The summed E-state index contributed by atoms with van der Waals surface area (Å²) in [5, 5.41) is 11.6. The molecule has 0 unspecified atom stereocenters. The van der Waals surface area contributed by atoms with Crippen LogP contribution in [0.4, 0.5) is 4.79 Å². The Hall–Kier alpha value is -1.85. The number of aromatic nitrogens is 2. The number of amidine groups is 1. The lowest BCUT2D eigenvalue weighted by Gasteiger charge is -2.21. The number of rotatable bonds is 0. The van der Waals surface area contributed by atoms with Crippen LogP contribution in [0.2, 0.25) is 0 Å². The second-order valence-electron chi connectivity index (χ2n) is 3.98. The van der Waals surface area contributed by atoms with Crippen LogP contribution in [0, 0.1) is 0 Å². The largest absolute Gasteiger partial charge is 0.463 e. The summed E-state index contributed by atoms with van der Waals surface area (Å²) in [4.78, 5) is 16.8. The predicted octanol–water partition coefficient (Wildman–Crippen LogP) is 1.29. The molecule has 6 nitrogen and oxygen atoms in total. The Kier molecular flexibility index (Phi) is 3.74. The Balaban J connectivity index is 0.000000128. The maximum absolute atomic E-state index is 9.96. The van der Waals surface area contributed by atoms with Crippen LogP contribution in [0.3, 0.4) is 0 Å². The minimum Gasteiger partial charge on any atom is -0.463 e. The van der Waals surface area contributed by atoms with E-state index in [1.807, 2.05) is 0 Å². The maximum atomic E-state index is 9.96. The van der Waals surface area contributed by atoms with Gasteiger partial charge in [0.2, 0.25) is 0 Å². The van der Waals surface area contributed by atoms with Gasteiger partial charge in [0, 0.05) is 38.4 Å². The van der Waals surface area contributed by atoms with Crippen LogP contribution in [0.15, 0.2) is 23.5 Å². The molecule has 1 saturated heterocycles. The van der Waals surface area contributed by atoms with Gasteiger partial charge in [0.15, 0.2) is 0 Å². The van der Waals surface area contributed by atoms with Crippen molar-refractivity contribution in [2.75, 3.05) is 19.6 Å². The number of hydrogen-bond acceptors (Lipinski definition) is 4. The van der Waals surface area contributed by atoms with Crippen LogP contribution in [0.1, 0.15) is 19.3 Å². The highest BCUT2D eigenvalue weighted by Crippen LogP contribution is 2.14. The van der Waals surface area contributed by atoms with Gasteiger partial charge in [-0.1, -0.05) is 0 Å². The van der Waals surface area contributed by atoms with Gasteiger partial charge < -0.3 is 10.0 Å². The van der Waals surface area contributed by atoms with Gasteiger partial charge in [-0.3, -0.25) is 4.99 Å². The van der Waals surface area contributed by atoms with Gasteiger partial charge in [0.05, 0.1) is 5.84 Å². The standard InChI is InChI=1S/C7H12N2.C4H4N2O2/c1-3-7-8-4-2-6-9(7)5-1;7-4(8)6-3-1-2-5-6/h1-6H2;1-3H,(H,7,8).